The minimum atomic E-state index is -0.835. The fourth-order valence-electron chi connectivity index (χ4n) is 3.45. The van der Waals surface area contributed by atoms with Crippen molar-refractivity contribution in [3.63, 3.8) is 0 Å². The molecule has 0 fully saturated rings. The van der Waals surface area contributed by atoms with Crippen molar-refractivity contribution in [2.24, 2.45) is 0 Å². The van der Waals surface area contributed by atoms with Crippen molar-refractivity contribution in [3.05, 3.63) is 64.8 Å². The predicted molar refractivity (Wildman–Crippen MR) is 127 cm³/mol. The van der Waals surface area contributed by atoms with E-state index in [-0.39, 0.29) is 24.7 Å². The molecule has 0 saturated heterocycles. The fourth-order valence-corrected chi connectivity index (χ4v) is 3.67. The van der Waals surface area contributed by atoms with Gasteiger partial charge in [-0.05, 0) is 48.7 Å². The lowest BCUT2D eigenvalue weighted by Crippen LogP contribution is -2.52. The van der Waals surface area contributed by atoms with Crippen LogP contribution in [0.1, 0.15) is 30.9 Å². The monoisotopic (exact) mass is 470 g/mol. The van der Waals surface area contributed by atoms with Crippen molar-refractivity contribution in [2.75, 3.05) is 6.61 Å². The number of aromatic amines is 1. The zero-order chi connectivity index (χ0) is 23.8. The minimum Gasteiger partial charge on any atom is -0.493 e. The second-order valence-electron chi connectivity index (χ2n) is 7.72. The molecule has 0 bridgehead atoms. The predicted octanol–water partition coefficient (Wildman–Crippen LogP) is 3.18. The summed E-state index contributed by atoms with van der Waals surface area (Å²) in [6, 6.07) is 12.2. The lowest BCUT2D eigenvalue weighted by Gasteiger charge is -2.18. The van der Waals surface area contributed by atoms with E-state index in [1.165, 1.54) is 6.92 Å². The third-order valence-electron chi connectivity index (χ3n) is 5.06. The summed E-state index contributed by atoms with van der Waals surface area (Å²) in [5.41, 5.74) is 7.55. The number of halogens is 1. The van der Waals surface area contributed by atoms with Crippen LogP contribution in [0.4, 0.5) is 0 Å². The fraction of sp³-hybridized carbons (Fsp3) is 0.292. The molecule has 3 amide bonds. The van der Waals surface area contributed by atoms with Crippen molar-refractivity contribution in [2.45, 2.75) is 39.2 Å². The summed E-state index contributed by atoms with van der Waals surface area (Å²) in [5, 5.41) is 4.25. The summed E-state index contributed by atoms with van der Waals surface area (Å²) >= 11 is 5.93. The average molecular weight is 471 g/mol. The van der Waals surface area contributed by atoms with E-state index in [1.807, 2.05) is 37.4 Å². The first-order valence-corrected chi connectivity index (χ1v) is 11.0. The molecule has 2 aromatic carbocycles. The number of carbonyl (C=O) groups is 3. The number of hydrazine groups is 1. The van der Waals surface area contributed by atoms with Crippen molar-refractivity contribution < 1.29 is 19.1 Å². The molecule has 1 aromatic heterocycles. The first-order chi connectivity index (χ1) is 15.8. The number of aryl methyl sites for hydroxylation is 1. The molecule has 1 heterocycles. The molecule has 0 spiro atoms. The van der Waals surface area contributed by atoms with Gasteiger partial charge in [0.05, 0.1) is 6.61 Å². The maximum Gasteiger partial charge on any atom is 0.261 e. The van der Waals surface area contributed by atoms with Gasteiger partial charge < -0.3 is 15.0 Å². The Kier molecular flexibility index (Phi) is 8.32. The second-order valence-corrected chi connectivity index (χ2v) is 8.15. The smallest absolute Gasteiger partial charge is 0.261 e. The van der Waals surface area contributed by atoms with Crippen LogP contribution in [0.5, 0.6) is 5.75 Å². The van der Waals surface area contributed by atoms with Gasteiger partial charge in [-0.1, -0.05) is 29.8 Å². The maximum atomic E-state index is 12.6. The molecular weight excluding hydrogens is 444 g/mol. The molecule has 174 valence electrons. The number of rotatable bonds is 9. The molecule has 9 heteroatoms. The summed E-state index contributed by atoms with van der Waals surface area (Å²) in [5.74, 6) is -0.482. The topological polar surface area (TPSA) is 112 Å². The molecule has 4 N–H and O–H groups in total. The molecule has 3 aromatic rings. The standard InChI is InChI=1S/C24H27ClN4O4/c1-15-12-18(25)9-10-22(15)33-11-5-8-23(31)28-29-24(32)21(27-16(2)30)13-17-14-26-20-7-4-3-6-19(17)20/h3-4,6-7,9-10,12,14,21,26H,5,8,11,13H2,1-2H3,(H,27,30)(H,28,31)(H,29,32)/t21-/m0/s1. The van der Waals surface area contributed by atoms with Gasteiger partial charge in [-0.2, -0.15) is 0 Å². The van der Waals surface area contributed by atoms with E-state index in [0.717, 1.165) is 22.0 Å². The third-order valence-corrected chi connectivity index (χ3v) is 5.30. The molecule has 0 aliphatic carbocycles. The average Bonchev–Trinajstić information content (AvgIpc) is 3.18. The van der Waals surface area contributed by atoms with Gasteiger partial charge in [0, 0.05) is 41.9 Å². The van der Waals surface area contributed by atoms with Crippen LogP contribution in [0.25, 0.3) is 10.9 Å². The Bertz CT molecular complexity index is 1140. The van der Waals surface area contributed by atoms with E-state index in [2.05, 4.69) is 21.2 Å². The van der Waals surface area contributed by atoms with Gasteiger partial charge in [0.25, 0.3) is 5.91 Å². The summed E-state index contributed by atoms with van der Waals surface area (Å²) < 4.78 is 5.67. The number of amides is 3. The molecule has 0 aliphatic heterocycles. The Labute approximate surface area is 197 Å². The number of hydrogen-bond donors (Lipinski definition) is 4. The van der Waals surface area contributed by atoms with E-state index in [9.17, 15) is 14.4 Å². The number of H-pyrrole nitrogens is 1. The Balaban J connectivity index is 1.47. The molecule has 0 unspecified atom stereocenters. The lowest BCUT2D eigenvalue weighted by molar-refractivity contribution is -0.131. The highest BCUT2D eigenvalue weighted by Crippen LogP contribution is 2.22. The number of ether oxygens (including phenoxy) is 1. The Hall–Kier alpha value is -3.52. The molecule has 0 radical (unpaired) electrons. The van der Waals surface area contributed by atoms with E-state index in [0.29, 0.717) is 23.8 Å². The summed E-state index contributed by atoms with van der Waals surface area (Å²) in [6.45, 7) is 3.58. The Morgan fingerprint density at radius 1 is 1.12 bits per heavy atom. The third kappa shape index (κ3) is 6.98. The van der Waals surface area contributed by atoms with Crippen LogP contribution in [-0.4, -0.2) is 35.4 Å². The van der Waals surface area contributed by atoms with Crippen LogP contribution >= 0.6 is 11.6 Å². The summed E-state index contributed by atoms with van der Waals surface area (Å²) in [4.78, 5) is 39.5. The van der Waals surface area contributed by atoms with E-state index in [4.69, 9.17) is 16.3 Å². The molecule has 33 heavy (non-hydrogen) atoms. The van der Waals surface area contributed by atoms with Crippen molar-refractivity contribution in [3.8, 4) is 5.75 Å². The van der Waals surface area contributed by atoms with Crippen LogP contribution in [0.15, 0.2) is 48.7 Å². The highest BCUT2D eigenvalue weighted by Gasteiger charge is 2.22. The molecule has 0 saturated carbocycles. The zero-order valence-electron chi connectivity index (χ0n) is 18.5. The van der Waals surface area contributed by atoms with Crippen molar-refractivity contribution in [1.82, 2.24) is 21.2 Å². The molecule has 1 atom stereocenters. The van der Waals surface area contributed by atoms with Gasteiger partial charge in [-0.25, -0.2) is 0 Å². The van der Waals surface area contributed by atoms with E-state index >= 15 is 0 Å². The highest BCUT2D eigenvalue weighted by atomic mass is 35.5. The molecule has 8 nitrogen and oxygen atoms in total. The van der Waals surface area contributed by atoms with Gasteiger partial charge in [0.15, 0.2) is 0 Å². The van der Waals surface area contributed by atoms with Crippen LogP contribution in [-0.2, 0) is 20.8 Å². The number of nitrogens with one attached hydrogen (secondary N) is 4. The number of aromatic nitrogens is 1. The number of carbonyl (C=O) groups excluding carboxylic acids is 3. The number of fused-ring (bicyclic) bond motifs is 1. The first-order valence-electron chi connectivity index (χ1n) is 10.6. The second kappa shape index (κ2) is 11.4. The van der Waals surface area contributed by atoms with Gasteiger partial charge in [0.2, 0.25) is 11.8 Å². The molecule has 0 aliphatic rings. The Morgan fingerprint density at radius 3 is 2.67 bits per heavy atom. The van der Waals surface area contributed by atoms with Crippen molar-refractivity contribution in [1.29, 1.82) is 0 Å². The number of para-hydroxylation sites is 1. The SMILES string of the molecule is CC(=O)N[C@@H](Cc1c[nH]c2ccccc12)C(=O)NNC(=O)CCCOc1ccc(Cl)cc1C. The van der Waals surface area contributed by atoms with Crippen molar-refractivity contribution >= 4 is 40.2 Å². The quantitative estimate of drug-likeness (QED) is 0.284. The number of benzene rings is 2. The summed E-state index contributed by atoms with van der Waals surface area (Å²) in [6.07, 6.45) is 2.72. The molecular formula is C24H27ClN4O4. The van der Waals surface area contributed by atoms with E-state index < -0.39 is 11.9 Å². The van der Waals surface area contributed by atoms with E-state index in [1.54, 1.807) is 18.2 Å². The summed E-state index contributed by atoms with van der Waals surface area (Å²) in [7, 11) is 0. The van der Waals surface area contributed by atoms with Gasteiger partial charge >= 0.3 is 0 Å². The Morgan fingerprint density at radius 2 is 1.91 bits per heavy atom. The molecule has 3 rings (SSSR count). The number of hydrogen-bond acceptors (Lipinski definition) is 4. The van der Waals surface area contributed by atoms with Gasteiger partial charge in [0.1, 0.15) is 11.8 Å². The van der Waals surface area contributed by atoms with Crippen LogP contribution < -0.4 is 20.9 Å². The van der Waals surface area contributed by atoms with Crippen LogP contribution in [0.2, 0.25) is 5.02 Å². The van der Waals surface area contributed by atoms with Crippen LogP contribution in [0.3, 0.4) is 0 Å². The minimum absolute atomic E-state index is 0.167. The van der Waals surface area contributed by atoms with Crippen LogP contribution in [0, 0.1) is 6.92 Å². The first kappa shape index (κ1) is 24.1. The largest absolute Gasteiger partial charge is 0.493 e. The van der Waals surface area contributed by atoms with Gasteiger partial charge in [-0.15, -0.1) is 0 Å². The lowest BCUT2D eigenvalue weighted by atomic mass is 10.0. The normalized spacial score (nSPS) is 11.6. The maximum absolute atomic E-state index is 12.6. The zero-order valence-corrected chi connectivity index (χ0v) is 19.3. The van der Waals surface area contributed by atoms with Gasteiger partial charge in [-0.3, -0.25) is 25.2 Å². The highest BCUT2D eigenvalue weighted by molar-refractivity contribution is 6.30.